The Bertz CT molecular complexity index is 1260. The van der Waals surface area contributed by atoms with Crippen molar-refractivity contribution in [3.8, 4) is 5.69 Å². The van der Waals surface area contributed by atoms with Gasteiger partial charge in [-0.15, -0.1) is 0 Å². The first-order valence-electron chi connectivity index (χ1n) is 10.7. The molecule has 4 nitrogen and oxygen atoms in total. The minimum atomic E-state index is -0.159. The molecule has 0 aliphatic heterocycles. The van der Waals surface area contributed by atoms with Crippen LogP contribution >= 0.6 is 0 Å². The number of rotatable bonds is 6. The third kappa shape index (κ3) is 3.89. The summed E-state index contributed by atoms with van der Waals surface area (Å²) in [6.45, 7) is 4.04. The summed E-state index contributed by atoms with van der Waals surface area (Å²) < 4.78 is 1.68. The zero-order valence-electron chi connectivity index (χ0n) is 17.8. The second-order valence-electron chi connectivity index (χ2n) is 7.54. The number of fused-ring (bicyclic) bond motifs is 1. The Balaban J connectivity index is 1.92. The van der Waals surface area contributed by atoms with Gasteiger partial charge in [0.1, 0.15) is 0 Å². The van der Waals surface area contributed by atoms with E-state index in [1.807, 2.05) is 85.8 Å². The Hall–Kier alpha value is -3.66. The van der Waals surface area contributed by atoms with E-state index >= 15 is 0 Å². The van der Waals surface area contributed by atoms with E-state index in [1.165, 1.54) is 0 Å². The SMILES string of the molecule is CCc1c(C(=O)N[C@@H](CC)c2ccccc2)c2ccccc2c(=O)n1-c1ccccc1. The number of pyridine rings is 1. The second-order valence-corrected chi connectivity index (χ2v) is 7.54. The lowest BCUT2D eigenvalue weighted by Crippen LogP contribution is -2.32. The van der Waals surface area contributed by atoms with Crippen molar-refractivity contribution in [2.24, 2.45) is 0 Å². The van der Waals surface area contributed by atoms with E-state index in [2.05, 4.69) is 12.2 Å². The maximum atomic E-state index is 13.6. The maximum absolute atomic E-state index is 13.6. The number of hydrogen-bond acceptors (Lipinski definition) is 2. The molecule has 0 aliphatic rings. The van der Waals surface area contributed by atoms with E-state index in [1.54, 1.807) is 10.6 Å². The highest BCUT2D eigenvalue weighted by atomic mass is 16.2. The number of nitrogens with zero attached hydrogens (tertiary/aromatic N) is 1. The van der Waals surface area contributed by atoms with Crippen LogP contribution in [0.4, 0.5) is 0 Å². The van der Waals surface area contributed by atoms with Crippen molar-refractivity contribution in [2.75, 3.05) is 0 Å². The maximum Gasteiger partial charge on any atom is 0.263 e. The number of aromatic nitrogens is 1. The van der Waals surface area contributed by atoms with Gasteiger partial charge in [-0.1, -0.05) is 80.6 Å². The first kappa shape index (κ1) is 20.6. The summed E-state index contributed by atoms with van der Waals surface area (Å²) in [6.07, 6.45) is 1.33. The molecule has 1 atom stereocenters. The Morgan fingerprint density at radius 1 is 0.839 bits per heavy atom. The fourth-order valence-corrected chi connectivity index (χ4v) is 4.17. The molecule has 1 amide bonds. The molecule has 4 aromatic rings. The van der Waals surface area contributed by atoms with Gasteiger partial charge in [-0.3, -0.25) is 14.2 Å². The van der Waals surface area contributed by atoms with Crippen LogP contribution < -0.4 is 10.9 Å². The summed E-state index contributed by atoms with van der Waals surface area (Å²) in [7, 11) is 0. The van der Waals surface area contributed by atoms with Crippen LogP contribution in [0.2, 0.25) is 0 Å². The van der Waals surface area contributed by atoms with E-state index in [9.17, 15) is 9.59 Å². The number of carbonyl (C=O) groups is 1. The molecule has 0 unspecified atom stereocenters. The monoisotopic (exact) mass is 410 g/mol. The molecule has 0 fully saturated rings. The van der Waals surface area contributed by atoms with Gasteiger partial charge in [-0.2, -0.15) is 0 Å². The summed E-state index contributed by atoms with van der Waals surface area (Å²) in [5.74, 6) is -0.159. The largest absolute Gasteiger partial charge is 0.345 e. The Morgan fingerprint density at radius 2 is 1.42 bits per heavy atom. The van der Waals surface area contributed by atoms with E-state index in [-0.39, 0.29) is 17.5 Å². The van der Waals surface area contributed by atoms with Gasteiger partial charge in [0.15, 0.2) is 0 Å². The third-order valence-corrected chi connectivity index (χ3v) is 5.68. The summed E-state index contributed by atoms with van der Waals surface area (Å²) >= 11 is 0. The van der Waals surface area contributed by atoms with Crippen LogP contribution in [0.15, 0.2) is 89.7 Å². The standard InChI is InChI=1S/C27H26N2O2/c1-3-23(19-13-7-5-8-14-19)28-26(30)25-21-17-11-12-18-22(21)27(31)29(24(25)4-2)20-15-9-6-10-16-20/h5-18,23H,3-4H2,1-2H3,(H,28,30)/t23-/m0/s1. The normalized spacial score (nSPS) is 11.9. The van der Waals surface area contributed by atoms with Crippen molar-refractivity contribution in [1.29, 1.82) is 0 Å². The molecule has 0 radical (unpaired) electrons. The van der Waals surface area contributed by atoms with E-state index in [0.717, 1.165) is 23.4 Å². The first-order valence-corrected chi connectivity index (χ1v) is 10.7. The van der Waals surface area contributed by atoms with E-state index < -0.39 is 0 Å². The predicted molar refractivity (Wildman–Crippen MR) is 126 cm³/mol. The zero-order chi connectivity index (χ0) is 21.8. The van der Waals surface area contributed by atoms with Crippen molar-refractivity contribution in [2.45, 2.75) is 32.7 Å². The average Bonchev–Trinajstić information content (AvgIpc) is 2.83. The smallest absolute Gasteiger partial charge is 0.263 e. The lowest BCUT2D eigenvalue weighted by atomic mass is 9.99. The van der Waals surface area contributed by atoms with Gasteiger partial charge in [0, 0.05) is 22.2 Å². The van der Waals surface area contributed by atoms with Crippen molar-refractivity contribution >= 4 is 16.7 Å². The quantitative estimate of drug-likeness (QED) is 0.460. The van der Waals surface area contributed by atoms with Crippen LogP contribution in [0.5, 0.6) is 0 Å². The van der Waals surface area contributed by atoms with Crippen molar-refractivity contribution in [3.63, 3.8) is 0 Å². The summed E-state index contributed by atoms with van der Waals surface area (Å²) in [5, 5.41) is 4.44. The van der Waals surface area contributed by atoms with Gasteiger partial charge in [-0.25, -0.2) is 0 Å². The average molecular weight is 411 g/mol. The molecule has 0 aliphatic carbocycles. The summed E-state index contributed by atoms with van der Waals surface area (Å²) in [4.78, 5) is 27.1. The third-order valence-electron chi connectivity index (χ3n) is 5.68. The second kappa shape index (κ2) is 9.00. The van der Waals surface area contributed by atoms with Crippen LogP contribution in [0.25, 0.3) is 16.5 Å². The molecule has 31 heavy (non-hydrogen) atoms. The minimum absolute atomic E-state index is 0.103. The van der Waals surface area contributed by atoms with Crippen LogP contribution in [0.1, 0.15) is 47.9 Å². The molecule has 3 aromatic carbocycles. The zero-order valence-corrected chi connectivity index (χ0v) is 17.8. The first-order chi connectivity index (χ1) is 15.2. The van der Waals surface area contributed by atoms with Crippen molar-refractivity contribution in [3.05, 3.63) is 112 Å². The minimum Gasteiger partial charge on any atom is -0.345 e. The molecular weight excluding hydrogens is 384 g/mol. The Morgan fingerprint density at radius 3 is 2.03 bits per heavy atom. The molecular formula is C27H26N2O2. The fraction of sp³-hybridized carbons (Fsp3) is 0.185. The van der Waals surface area contributed by atoms with Gasteiger partial charge < -0.3 is 5.32 Å². The van der Waals surface area contributed by atoms with Crippen LogP contribution in [0, 0.1) is 0 Å². The van der Waals surface area contributed by atoms with Gasteiger partial charge in [0.2, 0.25) is 0 Å². The molecule has 4 heteroatoms. The van der Waals surface area contributed by atoms with Gasteiger partial charge in [0.05, 0.1) is 11.6 Å². The van der Waals surface area contributed by atoms with Crippen LogP contribution in [0.3, 0.4) is 0 Å². The number of hydrogen-bond donors (Lipinski definition) is 1. The molecule has 0 saturated carbocycles. The fourth-order valence-electron chi connectivity index (χ4n) is 4.17. The highest BCUT2D eigenvalue weighted by Gasteiger charge is 2.23. The summed E-state index contributed by atoms with van der Waals surface area (Å²) in [6, 6.07) is 26.8. The lowest BCUT2D eigenvalue weighted by Gasteiger charge is -2.22. The van der Waals surface area contributed by atoms with Crippen molar-refractivity contribution in [1.82, 2.24) is 9.88 Å². The molecule has 1 aromatic heterocycles. The molecule has 1 N–H and O–H groups in total. The van der Waals surface area contributed by atoms with Crippen molar-refractivity contribution < 1.29 is 4.79 Å². The number of para-hydroxylation sites is 1. The van der Waals surface area contributed by atoms with Gasteiger partial charge in [0.25, 0.3) is 11.5 Å². The highest BCUT2D eigenvalue weighted by molar-refractivity contribution is 6.08. The molecule has 1 heterocycles. The van der Waals surface area contributed by atoms with E-state index in [0.29, 0.717) is 22.8 Å². The highest BCUT2D eigenvalue weighted by Crippen LogP contribution is 2.25. The van der Waals surface area contributed by atoms with Crippen LogP contribution in [-0.4, -0.2) is 10.5 Å². The Labute approximate surface area is 182 Å². The van der Waals surface area contributed by atoms with Gasteiger partial charge in [-0.05, 0) is 36.6 Å². The molecule has 156 valence electrons. The number of amides is 1. The van der Waals surface area contributed by atoms with Gasteiger partial charge >= 0.3 is 0 Å². The molecule has 4 rings (SSSR count). The van der Waals surface area contributed by atoms with E-state index in [4.69, 9.17) is 0 Å². The lowest BCUT2D eigenvalue weighted by molar-refractivity contribution is 0.0935. The Kier molecular flexibility index (Phi) is 5.99. The summed E-state index contributed by atoms with van der Waals surface area (Å²) in [5.41, 5.74) is 3.01. The van der Waals surface area contributed by atoms with Crippen LogP contribution in [-0.2, 0) is 6.42 Å². The molecule has 0 bridgehead atoms. The number of nitrogens with one attached hydrogen (secondary N) is 1. The molecule has 0 saturated heterocycles. The molecule has 0 spiro atoms. The topological polar surface area (TPSA) is 51.1 Å². The number of carbonyl (C=O) groups excluding carboxylic acids is 1. The number of benzene rings is 3. The predicted octanol–water partition coefficient (Wildman–Crippen LogP) is 5.43.